The molecule has 0 heterocycles. The van der Waals surface area contributed by atoms with Crippen LogP contribution in [-0.2, 0) is 14.3 Å². The molecule has 2 unspecified atom stereocenters. The minimum absolute atomic E-state index is 0.0139. The van der Waals surface area contributed by atoms with Crippen LogP contribution in [-0.4, -0.2) is 47.4 Å². The molecule has 6 heteroatoms. The number of ether oxygens (including phenoxy) is 1. The maximum atomic E-state index is 12.5. The molecule has 2 atom stereocenters. The van der Waals surface area contributed by atoms with Crippen LogP contribution >= 0.6 is 0 Å². The maximum absolute atomic E-state index is 12.5. The highest BCUT2D eigenvalue weighted by Crippen LogP contribution is 2.20. The summed E-state index contributed by atoms with van der Waals surface area (Å²) in [6.07, 6.45) is 101. The lowest BCUT2D eigenvalue weighted by Crippen LogP contribution is -2.45. The van der Waals surface area contributed by atoms with Crippen molar-refractivity contribution in [2.24, 2.45) is 0 Å². The molecule has 0 aliphatic rings. The first-order chi connectivity index (χ1) is 43.5. The van der Waals surface area contributed by atoms with Gasteiger partial charge in [0.15, 0.2) is 0 Å². The number of hydrogen-bond acceptors (Lipinski definition) is 5. The van der Waals surface area contributed by atoms with Gasteiger partial charge in [0.05, 0.1) is 25.4 Å². The topological polar surface area (TPSA) is 95.9 Å². The SMILES string of the molecule is CCCCC/C=C\C/C=C\CCCCCCCCCC(=O)OCCCCCCCCCCCCCCCCCCCCCCCCCCCCCCCCCCC(=O)NC(CO)C(O)/C=C/CCCCCCCCCCCCCCCCCCCCCC. The lowest BCUT2D eigenvalue weighted by atomic mass is 10.0. The number of aliphatic hydroxyl groups is 2. The van der Waals surface area contributed by atoms with Crippen LogP contribution in [0.3, 0.4) is 0 Å². The van der Waals surface area contributed by atoms with Crippen LogP contribution in [0.1, 0.15) is 450 Å². The predicted molar refractivity (Wildman–Crippen MR) is 389 cm³/mol. The molecule has 520 valence electrons. The van der Waals surface area contributed by atoms with E-state index in [0.717, 1.165) is 51.4 Å². The Morgan fingerprint density at radius 3 is 0.886 bits per heavy atom. The molecule has 1 amide bonds. The highest BCUT2D eigenvalue weighted by molar-refractivity contribution is 5.76. The van der Waals surface area contributed by atoms with Crippen molar-refractivity contribution in [1.82, 2.24) is 5.32 Å². The van der Waals surface area contributed by atoms with E-state index < -0.39 is 12.1 Å². The summed E-state index contributed by atoms with van der Waals surface area (Å²) in [5, 5.41) is 23.3. The van der Waals surface area contributed by atoms with E-state index >= 15 is 0 Å². The molecule has 0 aromatic carbocycles. The maximum Gasteiger partial charge on any atom is 0.305 e. The van der Waals surface area contributed by atoms with E-state index in [1.54, 1.807) is 6.08 Å². The second kappa shape index (κ2) is 77.5. The zero-order valence-corrected chi connectivity index (χ0v) is 59.7. The van der Waals surface area contributed by atoms with E-state index in [2.05, 4.69) is 43.5 Å². The Bertz CT molecular complexity index is 1430. The summed E-state index contributed by atoms with van der Waals surface area (Å²) in [5.74, 6) is -0.0448. The number of allylic oxidation sites excluding steroid dienone is 5. The molecule has 0 fully saturated rings. The highest BCUT2D eigenvalue weighted by Gasteiger charge is 2.18. The summed E-state index contributed by atoms with van der Waals surface area (Å²) >= 11 is 0. The number of nitrogens with one attached hydrogen (secondary N) is 1. The van der Waals surface area contributed by atoms with Gasteiger partial charge < -0.3 is 20.3 Å². The van der Waals surface area contributed by atoms with E-state index in [0.29, 0.717) is 19.4 Å². The number of unbranched alkanes of at least 4 members (excludes halogenated alkanes) is 61. The van der Waals surface area contributed by atoms with Crippen LogP contribution in [0.4, 0.5) is 0 Å². The summed E-state index contributed by atoms with van der Waals surface area (Å²) in [7, 11) is 0. The molecular weight excluding hydrogens is 1080 g/mol. The van der Waals surface area contributed by atoms with Crippen LogP contribution in [0.15, 0.2) is 36.5 Å². The average molecular weight is 1240 g/mol. The molecule has 0 radical (unpaired) electrons. The fourth-order valence-corrected chi connectivity index (χ4v) is 12.8. The van der Waals surface area contributed by atoms with Crippen molar-refractivity contribution in [1.29, 1.82) is 0 Å². The Labute approximate surface area is 551 Å². The van der Waals surface area contributed by atoms with Crippen molar-refractivity contribution in [3.8, 4) is 0 Å². The first kappa shape index (κ1) is 86.1. The van der Waals surface area contributed by atoms with Gasteiger partial charge in [-0.1, -0.05) is 410 Å². The highest BCUT2D eigenvalue weighted by atomic mass is 16.5. The van der Waals surface area contributed by atoms with Gasteiger partial charge in [-0.15, -0.1) is 0 Å². The molecule has 0 saturated heterocycles. The van der Waals surface area contributed by atoms with Gasteiger partial charge in [-0.25, -0.2) is 0 Å². The van der Waals surface area contributed by atoms with Gasteiger partial charge in [0.25, 0.3) is 0 Å². The number of aliphatic hydroxyl groups excluding tert-OH is 2. The number of carbonyl (C=O) groups is 2. The molecule has 0 bridgehead atoms. The minimum atomic E-state index is -0.843. The van der Waals surface area contributed by atoms with Crippen LogP contribution in [0, 0.1) is 0 Å². The predicted octanol–water partition coefficient (Wildman–Crippen LogP) is 26.6. The molecule has 0 aromatic rings. The molecule has 0 saturated carbocycles. The Kier molecular flexibility index (Phi) is 75.8. The van der Waals surface area contributed by atoms with E-state index in [9.17, 15) is 19.8 Å². The third-order valence-corrected chi connectivity index (χ3v) is 18.9. The van der Waals surface area contributed by atoms with Crippen molar-refractivity contribution in [3.05, 3.63) is 36.5 Å². The molecule has 0 rings (SSSR count). The van der Waals surface area contributed by atoms with Gasteiger partial charge in [0, 0.05) is 12.8 Å². The number of hydrogen-bond donors (Lipinski definition) is 3. The van der Waals surface area contributed by atoms with Gasteiger partial charge in [-0.2, -0.15) is 0 Å². The van der Waals surface area contributed by atoms with E-state index in [1.165, 1.54) is 372 Å². The quantitative estimate of drug-likeness (QED) is 0.0320. The lowest BCUT2D eigenvalue weighted by molar-refractivity contribution is -0.143. The van der Waals surface area contributed by atoms with E-state index in [-0.39, 0.29) is 18.5 Å². The molecule has 88 heavy (non-hydrogen) atoms. The summed E-state index contributed by atoms with van der Waals surface area (Å²) in [5.41, 5.74) is 0. The first-order valence-corrected chi connectivity index (χ1v) is 40.3. The third-order valence-electron chi connectivity index (χ3n) is 18.9. The fraction of sp³-hybridized carbons (Fsp3) is 0.902. The van der Waals surface area contributed by atoms with Gasteiger partial charge in [0.2, 0.25) is 5.91 Å². The number of esters is 1. The Morgan fingerprint density at radius 1 is 0.318 bits per heavy atom. The number of carbonyl (C=O) groups excluding carboxylic acids is 2. The molecule has 0 aliphatic carbocycles. The molecule has 0 aromatic heterocycles. The Balaban J connectivity index is 3.35. The van der Waals surface area contributed by atoms with Crippen LogP contribution in [0.2, 0.25) is 0 Å². The van der Waals surface area contributed by atoms with E-state index in [1.807, 2.05) is 6.08 Å². The smallest absolute Gasteiger partial charge is 0.305 e. The molecule has 0 aliphatic heterocycles. The summed E-state index contributed by atoms with van der Waals surface area (Å²) in [4.78, 5) is 24.7. The summed E-state index contributed by atoms with van der Waals surface area (Å²) < 4.78 is 5.51. The van der Waals surface area contributed by atoms with Crippen molar-refractivity contribution in [2.45, 2.75) is 463 Å². The van der Waals surface area contributed by atoms with Gasteiger partial charge in [-0.3, -0.25) is 9.59 Å². The Hall–Kier alpha value is -1.92. The molecule has 0 spiro atoms. The zero-order valence-electron chi connectivity index (χ0n) is 59.7. The second-order valence-electron chi connectivity index (χ2n) is 27.8. The van der Waals surface area contributed by atoms with Gasteiger partial charge >= 0.3 is 5.97 Å². The number of rotatable bonds is 76. The third kappa shape index (κ3) is 73.1. The fourth-order valence-electron chi connectivity index (χ4n) is 12.8. The molecule has 3 N–H and O–H groups in total. The lowest BCUT2D eigenvalue weighted by Gasteiger charge is -2.20. The van der Waals surface area contributed by atoms with Crippen LogP contribution in [0.5, 0.6) is 0 Å². The Morgan fingerprint density at radius 2 is 0.568 bits per heavy atom. The van der Waals surface area contributed by atoms with Crippen LogP contribution < -0.4 is 5.32 Å². The average Bonchev–Trinajstić information content (AvgIpc) is 3.58. The zero-order chi connectivity index (χ0) is 63.5. The summed E-state index contributed by atoms with van der Waals surface area (Å²) in [6, 6.07) is -0.626. The monoisotopic (exact) mass is 1240 g/mol. The second-order valence-corrected chi connectivity index (χ2v) is 27.8. The standard InChI is InChI=1S/C82H157NO5/c1-3-5-7-9-11-13-15-17-19-21-22-23-36-39-43-46-50-54-58-62-66-70-74-80(85)79(78-84)83-81(86)75-71-67-63-59-55-51-47-44-40-37-34-32-30-28-26-24-25-27-29-31-33-35-38-41-45-49-53-57-61-65-69-73-77-88-82(87)76-72-68-64-60-56-52-48-42-20-18-16-14-12-10-8-6-4-2/h12,14,18,20,70,74,79-80,84-85H,3-11,13,15-17,19,21-69,71-73,75-78H2,1-2H3,(H,83,86)/b14-12-,20-18-,74-70+. The minimum Gasteiger partial charge on any atom is -0.466 e. The van der Waals surface area contributed by atoms with Gasteiger partial charge in [0.1, 0.15) is 0 Å². The van der Waals surface area contributed by atoms with Crippen LogP contribution in [0.25, 0.3) is 0 Å². The van der Waals surface area contributed by atoms with E-state index in [4.69, 9.17) is 4.74 Å². The van der Waals surface area contributed by atoms with Gasteiger partial charge in [-0.05, 0) is 64.2 Å². The summed E-state index contributed by atoms with van der Waals surface area (Å²) in [6.45, 7) is 4.93. The molecular formula is C82H157NO5. The van der Waals surface area contributed by atoms with Crippen molar-refractivity contribution < 1.29 is 24.5 Å². The van der Waals surface area contributed by atoms with Crippen molar-refractivity contribution in [2.75, 3.05) is 13.2 Å². The molecule has 6 nitrogen and oxygen atoms in total. The largest absolute Gasteiger partial charge is 0.466 e. The number of amides is 1. The normalized spacial score (nSPS) is 12.6. The first-order valence-electron chi connectivity index (χ1n) is 40.3. The van der Waals surface area contributed by atoms with Crippen molar-refractivity contribution in [3.63, 3.8) is 0 Å². The van der Waals surface area contributed by atoms with Crippen molar-refractivity contribution >= 4 is 11.9 Å².